The van der Waals surface area contributed by atoms with E-state index in [1.165, 1.54) is 50.8 Å². The van der Waals surface area contributed by atoms with Crippen molar-refractivity contribution in [2.24, 2.45) is 0 Å². The summed E-state index contributed by atoms with van der Waals surface area (Å²) < 4.78 is 2.40. The quantitative estimate of drug-likeness (QED) is 0.134. The molecule has 16 nitrogen and oxygen atoms in total. The molecule has 5 amide bonds. The van der Waals surface area contributed by atoms with E-state index < -0.39 is 47.3 Å². The van der Waals surface area contributed by atoms with E-state index in [4.69, 9.17) is 0 Å². The first-order chi connectivity index (χ1) is 19.9. The Labute approximate surface area is 239 Å². The number of hydrogen-bond acceptors (Lipinski definition) is 10. The number of nitrogens with one attached hydrogen (secondary N) is 3. The molecule has 0 saturated heterocycles. The van der Waals surface area contributed by atoms with E-state index in [-0.39, 0.29) is 60.8 Å². The second-order valence-corrected chi connectivity index (χ2v) is 9.37. The van der Waals surface area contributed by atoms with Gasteiger partial charge in [-0.3, -0.25) is 24.1 Å². The molecule has 2 aliphatic heterocycles. The van der Waals surface area contributed by atoms with Gasteiger partial charge < -0.3 is 31.4 Å². The fourth-order valence-electron chi connectivity index (χ4n) is 4.00. The molecule has 2 atom stereocenters. The van der Waals surface area contributed by atoms with Crippen LogP contribution < -0.4 is 31.7 Å². The molecule has 2 unspecified atom stereocenters. The van der Waals surface area contributed by atoms with E-state index >= 15 is 0 Å². The molecule has 0 aromatic carbocycles. The first-order valence-corrected chi connectivity index (χ1v) is 12.9. The fourth-order valence-corrected chi connectivity index (χ4v) is 4.00. The van der Waals surface area contributed by atoms with E-state index in [9.17, 15) is 44.2 Å². The Balaban J connectivity index is 1.58. The average molecular weight is 586 g/mol. The van der Waals surface area contributed by atoms with E-state index in [1.54, 1.807) is 4.90 Å². The maximum absolute atomic E-state index is 12.5. The van der Waals surface area contributed by atoms with Crippen molar-refractivity contribution < 1.29 is 48.5 Å². The number of carbonyl (C=O) groups is 5. The summed E-state index contributed by atoms with van der Waals surface area (Å²) in [7, 11) is 2.81. The van der Waals surface area contributed by atoms with Gasteiger partial charge in [0.15, 0.2) is 12.4 Å². The van der Waals surface area contributed by atoms with Crippen LogP contribution in [0, 0.1) is 0 Å². The number of amides is 5. The van der Waals surface area contributed by atoms with Crippen molar-refractivity contribution in [2.75, 3.05) is 53.4 Å². The standard InChI is InChI=1S/C26H31N7O9/c1-30-11-6-16(20(35)25(30)40)22(37)27-8-13-32(15-10-29-24(39)18-4-3-5-19(34)33(18)42)14-9-28-23(38)17-7-12-31(2)26(41)21(17)36/h3-7,11-12,20-21,42H,8-10,13-15H2,1-2H3,(H,27,37)(H,28,38)(H,29,39). The smallest absolute Gasteiger partial charge is 0.377 e. The minimum Gasteiger partial charge on any atom is -0.838 e. The van der Waals surface area contributed by atoms with Crippen LogP contribution in [-0.2, 0) is 19.2 Å². The second-order valence-electron chi connectivity index (χ2n) is 9.37. The molecule has 0 aliphatic carbocycles. The van der Waals surface area contributed by atoms with Gasteiger partial charge in [-0.2, -0.15) is 9.15 Å². The monoisotopic (exact) mass is 585 g/mol. The summed E-state index contributed by atoms with van der Waals surface area (Å²) in [5, 5.41) is 41.9. The highest BCUT2D eigenvalue weighted by Crippen LogP contribution is 2.06. The van der Waals surface area contributed by atoms with Crippen LogP contribution in [0.1, 0.15) is 10.5 Å². The van der Waals surface area contributed by atoms with Gasteiger partial charge in [0.25, 0.3) is 11.5 Å². The molecular weight excluding hydrogens is 554 g/mol. The van der Waals surface area contributed by atoms with Gasteiger partial charge in [0, 0.05) is 80.8 Å². The van der Waals surface area contributed by atoms with Crippen LogP contribution in [0.15, 0.2) is 46.3 Å². The van der Waals surface area contributed by atoms with Crippen LogP contribution in [0.25, 0.3) is 0 Å². The first-order valence-electron chi connectivity index (χ1n) is 12.9. The molecule has 3 rings (SSSR count). The Bertz CT molecular complexity index is 1390. The zero-order valence-electron chi connectivity index (χ0n) is 22.9. The summed E-state index contributed by atoms with van der Waals surface area (Å²) in [6.45, 7) is 0.670. The van der Waals surface area contributed by atoms with Crippen molar-refractivity contribution in [2.45, 2.75) is 12.2 Å². The minimum absolute atomic E-state index is 0.0350. The summed E-state index contributed by atoms with van der Waals surface area (Å²) in [6.07, 6.45) is 1.46. The summed E-state index contributed by atoms with van der Waals surface area (Å²) >= 11 is 0. The molecule has 16 heteroatoms. The lowest BCUT2D eigenvalue weighted by atomic mass is 10.1. The maximum Gasteiger partial charge on any atom is 0.377 e. The molecule has 1 aromatic heterocycles. The number of nitrogens with zero attached hydrogens (tertiary/aromatic N) is 4. The number of allylic oxidation sites excluding steroid dienone is 2. The predicted molar refractivity (Wildman–Crippen MR) is 141 cm³/mol. The lowest BCUT2D eigenvalue weighted by molar-refractivity contribution is -0.469. The maximum atomic E-state index is 12.5. The summed E-state index contributed by atoms with van der Waals surface area (Å²) in [6, 6.07) is 3.65. The molecule has 3 heterocycles. The molecule has 224 valence electrons. The third kappa shape index (κ3) is 7.68. The van der Waals surface area contributed by atoms with Crippen molar-refractivity contribution >= 4 is 42.0 Å². The van der Waals surface area contributed by atoms with Crippen molar-refractivity contribution in [3.63, 3.8) is 0 Å². The topological polar surface area (TPSA) is 219 Å². The molecule has 0 radical (unpaired) electrons. The predicted octanol–water partition coefficient (Wildman–Crippen LogP) is -5.83. The fraction of sp³-hybridized carbons (Fsp3) is 0.385. The lowest BCUT2D eigenvalue weighted by Gasteiger charge is -2.25. The molecule has 42 heavy (non-hydrogen) atoms. The van der Waals surface area contributed by atoms with Gasteiger partial charge in [0.1, 0.15) is 19.8 Å². The van der Waals surface area contributed by atoms with Crippen molar-refractivity contribution in [1.29, 1.82) is 0 Å². The third-order valence-electron chi connectivity index (χ3n) is 6.49. The third-order valence-corrected chi connectivity index (χ3v) is 6.49. The van der Waals surface area contributed by atoms with Crippen LogP contribution in [0.4, 0.5) is 0 Å². The Morgan fingerprint density at radius 3 is 1.69 bits per heavy atom. The normalized spacial score (nSPS) is 18.5. The van der Waals surface area contributed by atoms with Crippen LogP contribution in [-0.4, -0.2) is 132 Å². The molecule has 0 spiro atoms. The summed E-state index contributed by atoms with van der Waals surface area (Å²) in [4.78, 5) is 74.5. The second kappa shape index (κ2) is 14.2. The number of aromatic nitrogens is 1. The van der Waals surface area contributed by atoms with Gasteiger partial charge in [-0.15, -0.1) is 4.73 Å². The van der Waals surface area contributed by atoms with Gasteiger partial charge in [-0.05, 0) is 6.07 Å². The zero-order valence-corrected chi connectivity index (χ0v) is 22.9. The highest BCUT2D eigenvalue weighted by molar-refractivity contribution is 6.05. The SMILES string of the molecule is C[N+]1=CC=C(C(=O)NCCN(CCNC(=O)C2=CC=[N+](C)C(=O)C2[O-])CCNC(=O)c2cccc(=O)n2O)C([O-])C1=O. The van der Waals surface area contributed by atoms with Gasteiger partial charge in [0.05, 0.1) is 0 Å². The van der Waals surface area contributed by atoms with Gasteiger partial charge >= 0.3 is 11.8 Å². The van der Waals surface area contributed by atoms with Crippen molar-refractivity contribution in [3.05, 3.63) is 57.5 Å². The minimum atomic E-state index is -1.86. The van der Waals surface area contributed by atoms with Crippen molar-refractivity contribution in [3.8, 4) is 0 Å². The highest BCUT2D eigenvalue weighted by atomic mass is 16.5. The number of likely N-dealkylation sites (N-methyl/N-ethyl adjacent to an activating group) is 2. The largest absolute Gasteiger partial charge is 0.838 e. The van der Waals surface area contributed by atoms with E-state index in [2.05, 4.69) is 16.0 Å². The summed E-state index contributed by atoms with van der Waals surface area (Å²) in [5.74, 6) is -3.67. The average Bonchev–Trinajstić information content (AvgIpc) is 2.95. The number of hydrogen-bond donors (Lipinski definition) is 4. The van der Waals surface area contributed by atoms with Crippen LogP contribution in [0.2, 0.25) is 0 Å². The Hall–Kier alpha value is -4.80. The molecule has 1 aromatic rings. The van der Waals surface area contributed by atoms with Gasteiger partial charge in [-0.1, -0.05) is 6.07 Å². The van der Waals surface area contributed by atoms with E-state index in [0.717, 1.165) is 15.2 Å². The molecule has 4 N–H and O–H groups in total. The van der Waals surface area contributed by atoms with Gasteiger partial charge in [-0.25, -0.2) is 9.59 Å². The van der Waals surface area contributed by atoms with E-state index in [0.29, 0.717) is 0 Å². The zero-order chi connectivity index (χ0) is 31.0. The Morgan fingerprint density at radius 1 is 0.810 bits per heavy atom. The number of carbonyl (C=O) groups excluding carboxylic acids is 5. The van der Waals surface area contributed by atoms with Crippen molar-refractivity contribution in [1.82, 2.24) is 25.6 Å². The van der Waals surface area contributed by atoms with Crippen LogP contribution >= 0.6 is 0 Å². The molecule has 0 saturated carbocycles. The lowest BCUT2D eigenvalue weighted by Crippen LogP contribution is -2.50. The van der Waals surface area contributed by atoms with Crippen LogP contribution in [0.3, 0.4) is 0 Å². The van der Waals surface area contributed by atoms with Gasteiger partial charge in [0.2, 0.25) is 11.8 Å². The Kier molecular flexibility index (Phi) is 10.7. The number of pyridine rings is 1. The molecule has 0 fully saturated rings. The first kappa shape index (κ1) is 31.7. The Morgan fingerprint density at radius 2 is 1.24 bits per heavy atom. The molecule has 2 aliphatic rings. The van der Waals surface area contributed by atoms with E-state index in [1.807, 2.05) is 0 Å². The molecule has 0 bridgehead atoms. The number of rotatable bonds is 12. The molecular formula is C26H31N7O9. The van der Waals surface area contributed by atoms with Crippen LogP contribution in [0.5, 0.6) is 0 Å². The summed E-state index contributed by atoms with van der Waals surface area (Å²) in [5.41, 5.74) is -1.52. The highest BCUT2D eigenvalue weighted by Gasteiger charge is 2.29.